The van der Waals surface area contributed by atoms with E-state index in [9.17, 15) is 9.59 Å². The quantitative estimate of drug-likeness (QED) is 0.313. The third kappa shape index (κ3) is 3.60. The van der Waals surface area contributed by atoms with Gasteiger partial charge in [-0.25, -0.2) is 0 Å². The van der Waals surface area contributed by atoms with Gasteiger partial charge in [0, 0.05) is 20.8 Å². The molecule has 0 bridgehead atoms. The molecule has 3 atom stereocenters. The highest BCUT2D eigenvalue weighted by molar-refractivity contribution is 9.10. The fraction of sp³-hybridized carbons (Fsp3) is 0.179. The Hall–Kier alpha value is -2.83. The maximum absolute atomic E-state index is 14.5. The van der Waals surface area contributed by atoms with Gasteiger partial charge in [-0.2, -0.15) is 10.1 Å². The van der Waals surface area contributed by atoms with Gasteiger partial charge in [-0.15, -0.1) is 0 Å². The minimum absolute atomic E-state index is 0.107. The van der Waals surface area contributed by atoms with Gasteiger partial charge in [-0.1, -0.05) is 80.4 Å². The van der Waals surface area contributed by atoms with Crippen molar-refractivity contribution in [1.82, 2.24) is 0 Å². The van der Waals surface area contributed by atoms with Crippen LogP contribution in [0.3, 0.4) is 0 Å². The first-order valence-electron chi connectivity index (χ1n) is 11.1. The number of para-hydroxylation sites is 1. The summed E-state index contributed by atoms with van der Waals surface area (Å²) in [6.07, 6.45) is 3.46. The summed E-state index contributed by atoms with van der Waals surface area (Å²) in [4.78, 5) is 26.9. The van der Waals surface area contributed by atoms with Crippen LogP contribution in [0.15, 0.2) is 105 Å². The zero-order valence-electron chi connectivity index (χ0n) is 18.5. The van der Waals surface area contributed by atoms with Crippen molar-refractivity contribution in [3.05, 3.63) is 111 Å². The normalized spacial score (nSPS) is 24.2. The molecule has 3 aromatic rings. The monoisotopic (exact) mass is 576 g/mol. The zero-order chi connectivity index (χ0) is 23.9. The van der Waals surface area contributed by atoms with Crippen molar-refractivity contribution in [2.75, 3.05) is 5.01 Å². The smallest absolute Gasteiger partial charge is 0.260 e. The second-order valence-corrected chi connectivity index (χ2v) is 10.5. The highest BCUT2D eigenvalue weighted by atomic mass is 79.9. The number of benzene rings is 3. The lowest BCUT2D eigenvalue weighted by molar-refractivity contribution is -0.125. The number of allylic oxidation sites excluding steroid dienone is 2. The van der Waals surface area contributed by atoms with Crippen LogP contribution in [-0.4, -0.2) is 17.9 Å². The number of carbonyl (C=O) groups excluding carboxylic acids is 2. The van der Waals surface area contributed by atoms with Crippen molar-refractivity contribution >= 4 is 55.5 Å². The first-order chi connectivity index (χ1) is 16.5. The van der Waals surface area contributed by atoms with Crippen LogP contribution in [0.2, 0.25) is 0 Å². The summed E-state index contributed by atoms with van der Waals surface area (Å²) in [5, 5.41) is 6.33. The van der Waals surface area contributed by atoms with Gasteiger partial charge < -0.3 is 0 Å². The lowest BCUT2D eigenvalue weighted by Crippen LogP contribution is -2.50. The summed E-state index contributed by atoms with van der Waals surface area (Å²) >= 11 is 7.03. The number of halogens is 2. The Morgan fingerprint density at radius 2 is 1.50 bits per heavy atom. The standard InChI is InChI=1S/C28H22Br2N2O2/c1-18-28(27(34)32(31-18)24-5-3-2-4-6-24)25(19-7-12-22(29)13-8-19)16-11-21(17-33)26(28)20-9-14-23(30)15-10-20/h2-15,17,25-26H,16H2,1H3/t25-,26+,28+/m0/s1. The lowest BCUT2D eigenvalue weighted by Gasteiger charge is -2.45. The van der Waals surface area contributed by atoms with E-state index < -0.39 is 11.3 Å². The number of rotatable bonds is 4. The van der Waals surface area contributed by atoms with E-state index >= 15 is 0 Å². The van der Waals surface area contributed by atoms with Crippen molar-refractivity contribution in [3.63, 3.8) is 0 Å². The molecule has 4 nitrogen and oxygen atoms in total. The fourth-order valence-electron chi connectivity index (χ4n) is 5.43. The number of anilines is 1. The number of amides is 1. The lowest BCUT2D eigenvalue weighted by atomic mass is 9.54. The van der Waals surface area contributed by atoms with Crippen LogP contribution in [0, 0.1) is 5.41 Å². The molecule has 1 aliphatic carbocycles. The topological polar surface area (TPSA) is 49.7 Å². The van der Waals surface area contributed by atoms with E-state index in [0.29, 0.717) is 12.0 Å². The minimum Gasteiger partial charge on any atom is -0.298 e. The van der Waals surface area contributed by atoms with Crippen molar-refractivity contribution in [3.8, 4) is 0 Å². The molecule has 6 heteroatoms. The highest BCUT2D eigenvalue weighted by Gasteiger charge is 2.61. The van der Waals surface area contributed by atoms with Crippen LogP contribution in [0.5, 0.6) is 0 Å². The third-order valence-electron chi connectivity index (χ3n) is 6.94. The van der Waals surface area contributed by atoms with Crippen molar-refractivity contribution < 1.29 is 9.59 Å². The molecule has 0 fully saturated rings. The van der Waals surface area contributed by atoms with E-state index in [4.69, 9.17) is 5.10 Å². The molecule has 0 saturated carbocycles. The molecule has 0 radical (unpaired) electrons. The van der Waals surface area contributed by atoms with Crippen molar-refractivity contribution in [1.29, 1.82) is 0 Å². The summed E-state index contributed by atoms with van der Waals surface area (Å²) in [7, 11) is 0. The number of hydrogen-bond donors (Lipinski definition) is 0. The average Bonchev–Trinajstić information content (AvgIpc) is 3.11. The molecular weight excluding hydrogens is 556 g/mol. The first-order valence-corrected chi connectivity index (χ1v) is 12.7. The van der Waals surface area contributed by atoms with Gasteiger partial charge in [0.15, 0.2) is 0 Å². The van der Waals surface area contributed by atoms with E-state index in [1.54, 1.807) is 0 Å². The number of aldehydes is 1. The van der Waals surface area contributed by atoms with Gasteiger partial charge in [-0.3, -0.25) is 9.59 Å². The predicted molar refractivity (Wildman–Crippen MR) is 142 cm³/mol. The molecule has 0 unspecified atom stereocenters. The van der Waals surface area contributed by atoms with Crippen LogP contribution in [0.4, 0.5) is 5.69 Å². The van der Waals surface area contributed by atoms with E-state index in [1.165, 1.54) is 5.01 Å². The van der Waals surface area contributed by atoms with E-state index in [-0.39, 0.29) is 11.8 Å². The van der Waals surface area contributed by atoms with E-state index in [0.717, 1.165) is 37.8 Å². The van der Waals surface area contributed by atoms with Crippen molar-refractivity contribution in [2.24, 2.45) is 10.5 Å². The van der Waals surface area contributed by atoms with Crippen LogP contribution < -0.4 is 5.01 Å². The second kappa shape index (κ2) is 9.08. The molecule has 0 saturated heterocycles. The molecule has 170 valence electrons. The van der Waals surface area contributed by atoms with E-state index in [2.05, 4.69) is 44.0 Å². The Balaban J connectivity index is 1.76. The number of hydrogen-bond acceptors (Lipinski definition) is 3. The molecule has 1 spiro atoms. The van der Waals surface area contributed by atoms with Crippen LogP contribution in [-0.2, 0) is 9.59 Å². The average molecular weight is 578 g/mol. The van der Waals surface area contributed by atoms with Gasteiger partial charge >= 0.3 is 0 Å². The molecule has 1 aliphatic heterocycles. The van der Waals surface area contributed by atoms with Crippen LogP contribution in [0.1, 0.15) is 36.3 Å². The van der Waals surface area contributed by atoms with Gasteiger partial charge in [0.25, 0.3) is 5.91 Å². The molecule has 1 amide bonds. The molecule has 0 aromatic heterocycles. The van der Waals surface area contributed by atoms with E-state index in [1.807, 2.05) is 79.7 Å². The molecule has 2 aliphatic rings. The largest absolute Gasteiger partial charge is 0.298 e. The van der Waals surface area contributed by atoms with Gasteiger partial charge in [0.1, 0.15) is 11.7 Å². The Morgan fingerprint density at radius 3 is 2.09 bits per heavy atom. The number of carbonyl (C=O) groups is 2. The maximum Gasteiger partial charge on any atom is 0.260 e. The Bertz CT molecular complexity index is 1300. The summed E-state index contributed by atoms with van der Waals surface area (Å²) < 4.78 is 1.92. The van der Waals surface area contributed by atoms with Gasteiger partial charge in [0.2, 0.25) is 0 Å². The molecular formula is C28H22Br2N2O2. The zero-order valence-corrected chi connectivity index (χ0v) is 21.7. The summed E-state index contributed by atoms with van der Waals surface area (Å²) in [5.74, 6) is -0.738. The van der Waals surface area contributed by atoms with Gasteiger partial charge in [-0.05, 0) is 66.4 Å². The second-order valence-electron chi connectivity index (χ2n) is 8.65. The van der Waals surface area contributed by atoms with Crippen LogP contribution >= 0.6 is 31.9 Å². The number of hydrazone groups is 1. The Morgan fingerprint density at radius 1 is 0.912 bits per heavy atom. The molecule has 5 rings (SSSR count). The highest BCUT2D eigenvalue weighted by Crippen LogP contribution is 2.59. The summed E-state index contributed by atoms with van der Waals surface area (Å²) in [6, 6.07) is 25.5. The van der Waals surface area contributed by atoms with Crippen molar-refractivity contribution in [2.45, 2.75) is 25.2 Å². The van der Waals surface area contributed by atoms with Gasteiger partial charge in [0.05, 0.1) is 11.4 Å². The SMILES string of the molecule is CC1=NN(c2ccccc2)C(=O)[C@@]12[C@H](c1ccc(Br)cc1)CC=C(C=O)[C@H]2c1ccc(Br)cc1. The molecule has 0 N–H and O–H groups in total. The molecule has 34 heavy (non-hydrogen) atoms. The van der Waals surface area contributed by atoms with Crippen LogP contribution in [0.25, 0.3) is 0 Å². The fourth-order valence-corrected chi connectivity index (χ4v) is 5.96. The summed E-state index contributed by atoms with van der Waals surface area (Å²) in [5.41, 5.74) is 2.99. The first kappa shape index (κ1) is 22.9. The molecule has 1 heterocycles. The number of nitrogens with zero attached hydrogens (tertiary/aromatic N) is 2. The predicted octanol–water partition coefficient (Wildman–Crippen LogP) is 7.02. The molecule has 3 aromatic carbocycles. The Kier molecular flexibility index (Phi) is 6.13. The summed E-state index contributed by atoms with van der Waals surface area (Å²) in [6.45, 7) is 1.92. The maximum atomic E-state index is 14.5. The third-order valence-corrected chi connectivity index (χ3v) is 7.99. The minimum atomic E-state index is -1.03. The Labute approximate surface area is 215 Å².